The minimum absolute atomic E-state index is 0.0635. The molecule has 0 saturated heterocycles. The molecule has 0 aliphatic rings. The number of aromatic nitrogens is 1. The average molecular weight is 553 g/mol. The molecule has 0 aliphatic heterocycles. The Balaban J connectivity index is 2.17. The standard InChI is InChI=1S/C25H21ClN6O7/c1-38-24(34)19-8-6-15(11-21(19)32(36)37)14-31(22(25(35)39-2)13-17-5-3-4-10-28-17)23(33)18-9-7-16(26)12-20(18)29-30-27/h3-12,22H,13-14H2,1-2H3/t22-/m1/s1. The number of pyridine rings is 1. The molecule has 2 aromatic carbocycles. The van der Waals surface area contributed by atoms with Crippen LogP contribution in [0.2, 0.25) is 5.02 Å². The molecule has 1 amide bonds. The van der Waals surface area contributed by atoms with Gasteiger partial charge < -0.3 is 14.4 Å². The van der Waals surface area contributed by atoms with Gasteiger partial charge in [0.1, 0.15) is 11.6 Å². The molecule has 0 N–H and O–H groups in total. The van der Waals surface area contributed by atoms with E-state index in [1.54, 1.807) is 18.2 Å². The molecule has 0 fully saturated rings. The highest BCUT2D eigenvalue weighted by Crippen LogP contribution is 2.29. The summed E-state index contributed by atoms with van der Waals surface area (Å²) in [5.41, 5.74) is 8.68. The van der Waals surface area contributed by atoms with E-state index in [2.05, 4.69) is 19.7 Å². The van der Waals surface area contributed by atoms with Crippen molar-refractivity contribution in [2.45, 2.75) is 19.0 Å². The quantitative estimate of drug-likeness (QED) is 0.0859. The molecule has 14 heteroatoms. The van der Waals surface area contributed by atoms with Crippen molar-refractivity contribution in [1.29, 1.82) is 0 Å². The number of benzene rings is 2. The third-order valence-corrected chi connectivity index (χ3v) is 5.83. The van der Waals surface area contributed by atoms with Gasteiger partial charge >= 0.3 is 11.9 Å². The van der Waals surface area contributed by atoms with Crippen LogP contribution in [0.4, 0.5) is 11.4 Å². The number of amides is 1. The Bertz CT molecular complexity index is 1460. The maximum atomic E-state index is 13.9. The zero-order valence-corrected chi connectivity index (χ0v) is 21.4. The van der Waals surface area contributed by atoms with E-state index in [1.807, 2.05) is 0 Å². The lowest BCUT2D eigenvalue weighted by atomic mass is 10.0. The van der Waals surface area contributed by atoms with E-state index < -0.39 is 34.5 Å². The predicted molar refractivity (Wildman–Crippen MR) is 138 cm³/mol. The Morgan fingerprint density at radius 1 is 1.13 bits per heavy atom. The maximum Gasteiger partial charge on any atom is 0.344 e. The highest BCUT2D eigenvalue weighted by Gasteiger charge is 2.34. The van der Waals surface area contributed by atoms with Crippen LogP contribution < -0.4 is 0 Å². The molecule has 0 unspecified atom stereocenters. The second-order valence-corrected chi connectivity index (χ2v) is 8.38. The molecule has 1 heterocycles. The Labute approximate surface area is 226 Å². The number of rotatable bonds is 10. The van der Waals surface area contributed by atoms with Gasteiger partial charge in [0.2, 0.25) is 0 Å². The maximum absolute atomic E-state index is 13.9. The number of hydrogen-bond acceptors (Lipinski definition) is 9. The fourth-order valence-corrected chi connectivity index (χ4v) is 3.94. The summed E-state index contributed by atoms with van der Waals surface area (Å²) in [6.07, 6.45) is 1.45. The van der Waals surface area contributed by atoms with Crippen LogP contribution in [0.15, 0.2) is 65.9 Å². The van der Waals surface area contributed by atoms with Crippen LogP contribution in [-0.4, -0.2) is 52.9 Å². The Morgan fingerprint density at radius 2 is 1.87 bits per heavy atom. The molecule has 0 aliphatic carbocycles. The summed E-state index contributed by atoms with van der Waals surface area (Å²) >= 11 is 6.02. The van der Waals surface area contributed by atoms with Gasteiger partial charge in [0, 0.05) is 46.4 Å². The average Bonchev–Trinajstić information content (AvgIpc) is 2.94. The van der Waals surface area contributed by atoms with Gasteiger partial charge in [0.15, 0.2) is 0 Å². The van der Waals surface area contributed by atoms with Crippen molar-refractivity contribution in [3.05, 3.63) is 109 Å². The third-order valence-electron chi connectivity index (χ3n) is 5.60. The van der Waals surface area contributed by atoms with Crippen molar-refractivity contribution < 1.29 is 28.8 Å². The molecule has 39 heavy (non-hydrogen) atoms. The molecular weight excluding hydrogens is 532 g/mol. The van der Waals surface area contributed by atoms with E-state index >= 15 is 0 Å². The Hall–Kier alpha value is -5.00. The summed E-state index contributed by atoms with van der Waals surface area (Å²) in [6.45, 7) is -0.327. The van der Waals surface area contributed by atoms with Crippen LogP contribution in [0, 0.1) is 10.1 Å². The molecule has 200 valence electrons. The normalized spacial score (nSPS) is 11.1. The number of esters is 2. The van der Waals surface area contributed by atoms with Crippen LogP contribution in [-0.2, 0) is 27.2 Å². The largest absolute Gasteiger partial charge is 0.467 e. The van der Waals surface area contributed by atoms with Gasteiger partial charge in [-0.3, -0.25) is 19.9 Å². The molecule has 3 aromatic rings. The number of nitro benzene ring substituents is 1. The number of methoxy groups -OCH3 is 2. The van der Waals surface area contributed by atoms with Crippen LogP contribution in [0.5, 0.6) is 0 Å². The lowest BCUT2D eigenvalue weighted by Crippen LogP contribution is -2.46. The number of nitro groups is 1. The first-order chi connectivity index (χ1) is 18.7. The van der Waals surface area contributed by atoms with Gasteiger partial charge in [0.25, 0.3) is 11.6 Å². The number of carbonyl (C=O) groups is 3. The molecule has 3 rings (SSSR count). The predicted octanol–water partition coefficient (Wildman–Crippen LogP) is 4.80. The van der Waals surface area contributed by atoms with E-state index in [1.165, 1.54) is 36.5 Å². The molecular formula is C25H21ClN6O7. The third kappa shape index (κ3) is 6.86. The molecule has 1 aromatic heterocycles. The zero-order valence-electron chi connectivity index (χ0n) is 20.7. The minimum atomic E-state index is -1.24. The van der Waals surface area contributed by atoms with Crippen LogP contribution in [0.25, 0.3) is 10.4 Å². The van der Waals surface area contributed by atoms with E-state index in [9.17, 15) is 24.5 Å². The van der Waals surface area contributed by atoms with Gasteiger partial charge in [-0.1, -0.05) is 28.8 Å². The summed E-state index contributed by atoms with van der Waals surface area (Å²) in [5.74, 6) is -2.45. The van der Waals surface area contributed by atoms with E-state index in [4.69, 9.17) is 21.9 Å². The molecule has 0 saturated carbocycles. The van der Waals surface area contributed by atoms with Crippen molar-refractivity contribution in [3.8, 4) is 0 Å². The van der Waals surface area contributed by atoms with Crippen LogP contribution >= 0.6 is 11.6 Å². The second kappa shape index (κ2) is 13.0. The Kier molecular flexibility index (Phi) is 9.52. The van der Waals surface area contributed by atoms with Gasteiger partial charge in [0.05, 0.1) is 24.8 Å². The second-order valence-electron chi connectivity index (χ2n) is 7.95. The van der Waals surface area contributed by atoms with Crippen molar-refractivity contribution >= 4 is 40.8 Å². The van der Waals surface area contributed by atoms with Gasteiger partial charge in [-0.25, -0.2) is 9.59 Å². The van der Waals surface area contributed by atoms with Crippen molar-refractivity contribution in [3.63, 3.8) is 0 Å². The van der Waals surface area contributed by atoms with E-state index in [-0.39, 0.29) is 40.4 Å². The topological polar surface area (TPSA) is 178 Å². The lowest BCUT2D eigenvalue weighted by Gasteiger charge is -2.30. The molecule has 0 radical (unpaired) electrons. The smallest absolute Gasteiger partial charge is 0.344 e. The first-order valence-electron chi connectivity index (χ1n) is 11.2. The van der Waals surface area contributed by atoms with Crippen molar-refractivity contribution in [2.75, 3.05) is 14.2 Å². The number of nitrogens with zero attached hydrogens (tertiary/aromatic N) is 6. The summed E-state index contributed by atoms with van der Waals surface area (Å²) in [7, 11) is 2.24. The Morgan fingerprint density at radius 3 is 2.49 bits per heavy atom. The molecule has 1 atom stereocenters. The lowest BCUT2D eigenvalue weighted by molar-refractivity contribution is -0.385. The number of carbonyl (C=O) groups excluding carboxylic acids is 3. The molecule has 0 bridgehead atoms. The summed E-state index contributed by atoms with van der Waals surface area (Å²) in [6, 6.07) is 11.5. The molecule has 0 spiro atoms. The van der Waals surface area contributed by atoms with Gasteiger partial charge in [-0.05, 0) is 47.5 Å². The van der Waals surface area contributed by atoms with Gasteiger partial charge in [-0.15, -0.1) is 0 Å². The molecule has 13 nitrogen and oxygen atoms in total. The number of azide groups is 1. The van der Waals surface area contributed by atoms with Crippen LogP contribution in [0.1, 0.15) is 32.0 Å². The highest BCUT2D eigenvalue weighted by atomic mass is 35.5. The first-order valence-corrected chi connectivity index (χ1v) is 11.6. The number of ether oxygens (including phenoxy) is 2. The highest BCUT2D eigenvalue weighted by molar-refractivity contribution is 6.31. The van der Waals surface area contributed by atoms with Crippen molar-refractivity contribution in [1.82, 2.24) is 9.88 Å². The monoisotopic (exact) mass is 552 g/mol. The SMILES string of the molecule is COC(=O)c1ccc(CN(C(=O)c2ccc(Cl)cc2N=[N+]=[N-])[C@H](Cc2ccccn2)C(=O)OC)cc1[N+](=O)[O-]. The van der Waals surface area contributed by atoms with E-state index in [0.717, 1.165) is 25.2 Å². The fourth-order valence-electron chi connectivity index (χ4n) is 3.77. The fraction of sp³-hybridized carbons (Fsp3) is 0.200. The number of hydrogen-bond donors (Lipinski definition) is 0. The minimum Gasteiger partial charge on any atom is -0.467 e. The van der Waals surface area contributed by atoms with Crippen molar-refractivity contribution in [2.24, 2.45) is 5.11 Å². The van der Waals surface area contributed by atoms with Gasteiger partial charge in [-0.2, -0.15) is 0 Å². The number of halogens is 1. The van der Waals surface area contributed by atoms with E-state index in [0.29, 0.717) is 5.69 Å². The first kappa shape index (κ1) is 28.6. The summed E-state index contributed by atoms with van der Waals surface area (Å²) in [4.78, 5) is 57.9. The summed E-state index contributed by atoms with van der Waals surface area (Å²) < 4.78 is 9.59. The summed E-state index contributed by atoms with van der Waals surface area (Å²) in [5, 5.41) is 15.4. The zero-order chi connectivity index (χ0) is 28.5. The van der Waals surface area contributed by atoms with Crippen LogP contribution in [0.3, 0.4) is 0 Å².